The maximum absolute atomic E-state index is 13.3. The number of nitrogens with two attached hydrogens (primary N) is 1. The highest BCUT2D eigenvalue weighted by Gasteiger charge is 2.34. The van der Waals surface area contributed by atoms with Crippen LogP contribution < -0.4 is 10.6 Å². The summed E-state index contributed by atoms with van der Waals surface area (Å²) in [5.41, 5.74) is 10.5. The Morgan fingerprint density at radius 2 is 1.52 bits per heavy atom. The van der Waals surface area contributed by atoms with E-state index in [-0.39, 0.29) is 11.6 Å². The lowest BCUT2D eigenvalue weighted by molar-refractivity contribution is 0.0972. The van der Waals surface area contributed by atoms with Crippen LogP contribution in [0, 0.1) is 13.8 Å². The molecule has 2 N–H and O–H groups in total. The first-order valence-electron chi connectivity index (χ1n) is 8.83. The van der Waals surface area contributed by atoms with Crippen molar-refractivity contribution in [2.24, 2.45) is 5.73 Å². The maximum Gasteiger partial charge on any atom is 0.277 e. The van der Waals surface area contributed by atoms with Gasteiger partial charge in [-0.15, -0.1) is 0 Å². The molecule has 3 aromatic rings. The highest BCUT2D eigenvalue weighted by atomic mass is 16.2. The topological polar surface area (TPSA) is 81.2 Å². The molecule has 1 aromatic heterocycles. The van der Waals surface area contributed by atoms with E-state index < -0.39 is 5.91 Å². The van der Waals surface area contributed by atoms with Crippen molar-refractivity contribution >= 4 is 17.5 Å². The molecule has 2 aromatic carbocycles. The molecule has 0 unspecified atom stereocenters. The van der Waals surface area contributed by atoms with Crippen LogP contribution >= 0.6 is 0 Å². The van der Waals surface area contributed by atoms with Gasteiger partial charge in [-0.05, 0) is 44.5 Å². The van der Waals surface area contributed by atoms with E-state index in [0.29, 0.717) is 24.2 Å². The van der Waals surface area contributed by atoms with Crippen LogP contribution in [0.3, 0.4) is 0 Å². The Morgan fingerprint density at radius 1 is 0.963 bits per heavy atom. The molecule has 0 saturated heterocycles. The van der Waals surface area contributed by atoms with Crippen LogP contribution in [0.4, 0.5) is 5.69 Å². The van der Waals surface area contributed by atoms with Crippen LogP contribution in [0.1, 0.15) is 37.7 Å². The largest absolute Gasteiger partial charge is 0.364 e. The van der Waals surface area contributed by atoms with Gasteiger partial charge in [0.05, 0.1) is 5.69 Å². The minimum atomic E-state index is -0.617. The number of hydrogen-bond donors (Lipinski definition) is 1. The van der Waals surface area contributed by atoms with Gasteiger partial charge in [0.1, 0.15) is 5.69 Å². The Bertz CT molecular complexity index is 1030. The van der Waals surface area contributed by atoms with Gasteiger partial charge in [0.2, 0.25) is 0 Å². The average Bonchev–Trinajstić information content (AvgIpc) is 3.04. The van der Waals surface area contributed by atoms with Gasteiger partial charge >= 0.3 is 0 Å². The van der Waals surface area contributed by atoms with Crippen molar-refractivity contribution in [3.05, 3.63) is 76.6 Å². The molecule has 0 spiro atoms. The summed E-state index contributed by atoms with van der Waals surface area (Å²) in [4.78, 5) is 26.9. The first kappa shape index (κ1) is 17.0. The number of aromatic nitrogens is 2. The lowest BCUT2D eigenvalue weighted by Gasteiger charge is -2.27. The molecule has 0 saturated carbocycles. The molecule has 0 atom stereocenters. The van der Waals surface area contributed by atoms with Gasteiger partial charge in [0.15, 0.2) is 5.69 Å². The van der Waals surface area contributed by atoms with Crippen LogP contribution in [-0.4, -0.2) is 28.1 Å². The predicted octanol–water partition coefficient (Wildman–Crippen LogP) is 2.79. The Morgan fingerprint density at radius 3 is 2.07 bits per heavy atom. The molecule has 136 valence electrons. The lowest BCUT2D eigenvalue weighted by atomic mass is 10.0. The molecule has 2 amide bonds. The maximum atomic E-state index is 13.3. The van der Waals surface area contributed by atoms with Crippen LogP contribution in [-0.2, 0) is 6.42 Å². The molecular formula is C21H20N4O2. The van der Waals surface area contributed by atoms with Crippen molar-refractivity contribution in [1.82, 2.24) is 9.78 Å². The number of primary amides is 1. The predicted molar refractivity (Wildman–Crippen MR) is 103 cm³/mol. The summed E-state index contributed by atoms with van der Waals surface area (Å²) in [6.07, 6.45) is 0.527. The SMILES string of the molecule is Cc1ccc(N2CCc3c(C(N)=O)nn(-c4ccc(C)cc4)c3C2=O)cc1. The van der Waals surface area contributed by atoms with E-state index in [9.17, 15) is 9.59 Å². The van der Waals surface area contributed by atoms with Gasteiger partial charge < -0.3 is 10.6 Å². The highest BCUT2D eigenvalue weighted by Crippen LogP contribution is 2.29. The molecule has 4 rings (SSSR count). The van der Waals surface area contributed by atoms with Gasteiger partial charge in [0.25, 0.3) is 11.8 Å². The molecule has 6 nitrogen and oxygen atoms in total. The Hall–Kier alpha value is -3.41. The Labute approximate surface area is 157 Å². The summed E-state index contributed by atoms with van der Waals surface area (Å²) >= 11 is 0. The first-order chi connectivity index (χ1) is 13.0. The normalized spacial score (nSPS) is 13.6. The van der Waals surface area contributed by atoms with Gasteiger partial charge in [-0.1, -0.05) is 35.4 Å². The number of fused-ring (bicyclic) bond motifs is 1. The van der Waals surface area contributed by atoms with Crippen LogP contribution in [0.5, 0.6) is 0 Å². The zero-order chi connectivity index (χ0) is 19.1. The van der Waals surface area contributed by atoms with Crippen LogP contribution in [0.15, 0.2) is 48.5 Å². The highest BCUT2D eigenvalue weighted by molar-refractivity contribution is 6.09. The van der Waals surface area contributed by atoms with E-state index in [0.717, 1.165) is 22.5 Å². The second-order valence-electron chi connectivity index (χ2n) is 6.83. The van der Waals surface area contributed by atoms with Gasteiger partial charge in [-0.2, -0.15) is 5.10 Å². The Balaban J connectivity index is 1.85. The van der Waals surface area contributed by atoms with Crippen molar-refractivity contribution in [1.29, 1.82) is 0 Å². The molecule has 0 aliphatic carbocycles. The van der Waals surface area contributed by atoms with Crippen molar-refractivity contribution < 1.29 is 9.59 Å². The zero-order valence-corrected chi connectivity index (χ0v) is 15.3. The van der Waals surface area contributed by atoms with E-state index in [1.807, 2.05) is 62.4 Å². The number of anilines is 1. The third kappa shape index (κ3) is 2.89. The summed E-state index contributed by atoms with van der Waals surface area (Å²) in [7, 11) is 0. The van der Waals surface area contributed by atoms with E-state index in [4.69, 9.17) is 5.73 Å². The second kappa shape index (κ2) is 6.39. The average molecular weight is 360 g/mol. The Kier molecular flexibility index (Phi) is 4.03. The standard InChI is InChI=1S/C21H20N4O2/c1-13-3-7-15(8-4-13)24-12-11-17-18(20(22)26)23-25(19(17)21(24)27)16-9-5-14(2)6-10-16/h3-10H,11-12H2,1-2H3,(H2,22,26). The first-order valence-corrected chi connectivity index (χ1v) is 8.83. The molecule has 27 heavy (non-hydrogen) atoms. The quantitative estimate of drug-likeness (QED) is 0.780. The number of aryl methyl sites for hydroxylation is 2. The zero-order valence-electron chi connectivity index (χ0n) is 15.3. The minimum Gasteiger partial charge on any atom is -0.364 e. The van der Waals surface area contributed by atoms with Crippen molar-refractivity contribution in [3.8, 4) is 5.69 Å². The molecule has 1 aliphatic rings. The number of hydrogen-bond acceptors (Lipinski definition) is 3. The third-order valence-corrected chi connectivity index (χ3v) is 4.87. The fourth-order valence-corrected chi connectivity index (χ4v) is 3.40. The van der Waals surface area contributed by atoms with Crippen LogP contribution in [0.2, 0.25) is 0 Å². The van der Waals surface area contributed by atoms with Gasteiger partial charge in [-0.25, -0.2) is 4.68 Å². The van der Waals surface area contributed by atoms with E-state index in [1.165, 1.54) is 4.68 Å². The minimum absolute atomic E-state index is 0.169. The molecular weight excluding hydrogens is 340 g/mol. The fourth-order valence-electron chi connectivity index (χ4n) is 3.40. The molecule has 6 heteroatoms. The molecule has 0 fully saturated rings. The molecule has 0 radical (unpaired) electrons. The van der Waals surface area contributed by atoms with Crippen molar-refractivity contribution in [3.63, 3.8) is 0 Å². The molecule has 2 heterocycles. The van der Waals surface area contributed by atoms with Crippen LogP contribution in [0.25, 0.3) is 5.69 Å². The number of carbonyl (C=O) groups excluding carboxylic acids is 2. The number of amides is 2. The molecule has 0 bridgehead atoms. The lowest BCUT2D eigenvalue weighted by Crippen LogP contribution is -2.39. The monoisotopic (exact) mass is 360 g/mol. The summed E-state index contributed by atoms with van der Waals surface area (Å²) in [6, 6.07) is 15.5. The second-order valence-corrected chi connectivity index (χ2v) is 6.83. The van der Waals surface area contributed by atoms with Crippen molar-refractivity contribution in [2.45, 2.75) is 20.3 Å². The number of carbonyl (C=O) groups is 2. The third-order valence-electron chi connectivity index (χ3n) is 4.87. The molecule has 1 aliphatic heterocycles. The van der Waals surface area contributed by atoms with Gasteiger partial charge in [-0.3, -0.25) is 9.59 Å². The number of nitrogens with zero attached hydrogens (tertiary/aromatic N) is 3. The summed E-state index contributed by atoms with van der Waals surface area (Å²) in [5.74, 6) is -0.797. The number of benzene rings is 2. The number of rotatable bonds is 3. The van der Waals surface area contributed by atoms with E-state index >= 15 is 0 Å². The van der Waals surface area contributed by atoms with E-state index in [2.05, 4.69) is 5.10 Å². The summed E-state index contributed by atoms with van der Waals surface area (Å²) in [5, 5.41) is 4.38. The summed E-state index contributed by atoms with van der Waals surface area (Å²) in [6.45, 7) is 4.47. The van der Waals surface area contributed by atoms with E-state index in [1.54, 1.807) is 4.90 Å². The smallest absolute Gasteiger partial charge is 0.277 e. The van der Waals surface area contributed by atoms with Crippen molar-refractivity contribution in [2.75, 3.05) is 11.4 Å². The summed E-state index contributed by atoms with van der Waals surface area (Å²) < 4.78 is 1.54. The fraction of sp³-hybridized carbons (Fsp3) is 0.190. The van der Waals surface area contributed by atoms with Gasteiger partial charge in [0, 0.05) is 17.8 Å².